The molecule has 2 unspecified atom stereocenters. The van der Waals surface area contributed by atoms with Gasteiger partial charge >= 0.3 is 0 Å². The molecule has 1 saturated heterocycles. The summed E-state index contributed by atoms with van der Waals surface area (Å²) in [5.41, 5.74) is 0.671. The van der Waals surface area contributed by atoms with Crippen LogP contribution < -0.4 is 10.6 Å². The summed E-state index contributed by atoms with van der Waals surface area (Å²) in [7, 11) is 0. The molecule has 0 spiro atoms. The van der Waals surface area contributed by atoms with Gasteiger partial charge in [0.1, 0.15) is 11.9 Å². The van der Waals surface area contributed by atoms with Crippen molar-refractivity contribution < 1.29 is 13.9 Å². The highest BCUT2D eigenvalue weighted by atomic mass is 35.5. The van der Waals surface area contributed by atoms with E-state index in [0.29, 0.717) is 25.3 Å². The van der Waals surface area contributed by atoms with Crippen molar-refractivity contribution in [2.45, 2.75) is 19.1 Å². The van der Waals surface area contributed by atoms with Gasteiger partial charge in [-0.25, -0.2) is 4.39 Å². The average molecular weight is 287 g/mol. The zero-order valence-electron chi connectivity index (χ0n) is 10.6. The van der Waals surface area contributed by atoms with Crippen LogP contribution in [-0.4, -0.2) is 31.6 Å². The van der Waals surface area contributed by atoms with E-state index in [1.54, 1.807) is 6.07 Å². The fourth-order valence-electron chi connectivity index (χ4n) is 2.14. The Morgan fingerprint density at radius 2 is 2.37 bits per heavy atom. The SMILES string of the molecule is CC(=O)NC1CNCCOC1c1ccc(Cl)c(F)c1. The van der Waals surface area contributed by atoms with Gasteiger partial charge in [-0.05, 0) is 17.7 Å². The van der Waals surface area contributed by atoms with Gasteiger partial charge in [0.05, 0.1) is 17.7 Å². The van der Waals surface area contributed by atoms with Crippen molar-refractivity contribution in [3.05, 3.63) is 34.6 Å². The Hall–Kier alpha value is -1.17. The lowest BCUT2D eigenvalue weighted by atomic mass is 10.0. The van der Waals surface area contributed by atoms with E-state index in [2.05, 4.69) is 10.6 Å². The normalized spacial score (nSPS) is 23.7. The van der Waals surface area contributed by atoms with Crippen molar-refractivity contribution in [2.75, 3.05) is 19.7 Å². The first-order chi connectivity index (χ1) is 9.08. The largest absolute Gasteiger partial charge is 0.370 e. The number of ether oxygens (including phenoxy) is 1. The summed E-state index contributed by atoms with van der Waals surface area (Å²) in [5.74, 6) is -0.627. The topological polar surface area (TPSA) is 50.4 Å². The van der Waals surface area contributed by atoms with Gasteiger partial charge in [0.15, 0.2) is 0 Å². The van der Waals surface area contributed by atoms with Crippen molar-refractivity contribution in [1.82, 2.24) is 10.6 Å². The highest BCUT2D eigenvalue weighted by Gasteiger charge is 2.27. The van der Waals surface area contributed by atoms with Gasteiger partial charge in [0, 0.05) is 20.0 Å². The lowest BCUT2D eigenvalue weighted by Gasteiger charge is -2.25. The Balaban J connectivity index is 2.25. The minimum absolute atomic E-state index is 0.0755. The van der Waals surface area contributed by atoms with Gasteiger partial charge in [-0.15, -0.1) is 0 Å². The summed E-state index contributed by atoms with van der Waals surface area (Å²) in [6.45, 7) is 3.23. The molecule has 4 nitrogen and oxygen atoms in total. The van der Waals surface area contributed by atoms with Gasteiger partial charge in [0.25, 0.3) is 0 Å². The molecule has 19 heavy (non-hydrogen) atoms. The minimum atomic E-state index is -0.485. The van der Waals surface area contributed by atoms with Gasteiger partial charge in [-0.2, -0.15) is 0 Å². The minimum Gasteiger partial charge on any atom is -0.370 e. The summed E-state index contributed by atoms with van der Waals surface area (Å²) >= 11 is 5.67. The molecule has 2 N–H and O–H groups in total. The maximum atomic E-state index is 13.5. The van der Waals surface area contributed by atoms with Gasteiger partial charge < -0.3 is 15.4 Å². The first kappa shape index (κ1) is 14.2. The van der Waals surface area contributed by atoms with Crippen LogP contribution in [0.3, 0.4) is 0 Å². The Labute approximate surface area is 116 Å². The lowest BCUT2D eigenvalue weighted by molar-refractivity contribution is -0.120. The van der Waals surface area contributed by atoms with E-state index >= 15 is 0 Å². The molecule has 2 rings (SSSR count). The zero-order valence-corrected chi connectivity index (χ0v) is 11.3. The van der Waals surface area contributed by atoms with Crippen LogP contribution >= 0.6 is 11.6 Å². The monoisotopic (exact) mass is 286 g/mol. The van der Waals surface area contributed by atoms with E-state index in [-0.39, 0.29) is 23.1 Å². The summed E-state index contributed by atoms with van der Waals surface area (Å²) in [5, 5.41) is 6.07. The summed E-state index contributed by atoms with van der Waals surface area (Å²) in [6, 6.07) is 4.34. The summed E-state index contributed by atoms with van der Waals surface area (Å²) < 4.78 is 19.2. The third kappa shape index (κ3) is 3.65. The first-order valence-corrected chi connectivity index (χ1v) is 6.50. The second kappa shape index (κ2) is 6.32. The number of nitrogens with one attached hydrogen (secondary N) is 2. The highest BCUT2D eigenvalue weighted by molar-refractivity contribution is 6.30. The third-order valence-corrected chi connectivity index (χ3v) is 3.27. The first-order valence-electron chi connectivity index (χ1n) is 6.12. The number of hydrogen-bond donors (Lipinski definition) is 2. The molecule has 0 bridgehead atoms. The Kier molecular flexibility index (Phi) is 4.74. The van der Waals surface area contributed by atoms with Gasteiger partial charge in [0.2, 0.25) is 5.91 Å². The van der Waals surface area contributed by atoms with E-state index in [1.807, 2.05) is 0 Å². The maximum absolute atomic E-state index is 13.5. The molecule has 1 aliphatic rings. The predicted octanol–water partition coefficient (Wildman–Crippen LogP) is 1.64. The molecule has 1 amide bonds. The van der Waals surface area contributed by atoms with Crippen LogP contribution in [0.25, 0.3) is 0 Å². The smallest absolute Gasteiger partial charge is 0.217 e. The van der Waals surface area contributed by atoms with Crippen molar-refractivity contribution in [3.8, 4) is 0 Å². The quantitative estimate of drug-likeness (QED) is 0.869. The molecule has 104 valence electrons. The number of halogens is 2. The van der Waals surface area contributed by atoms with Crippen LogP contribution in [0.4, 0.5) is 4.39 Å². The van der Waals surface area contributed by atoms with Crippen molar-refractivity contribution in [2.24, 2.45) is 0 Å². The van der Waals surface area contributed by atoms with Crippen molar-refractivity contribution in [3.63, 3.8) is 0 Å². The van der Waals surface area contributed by atoms with Crippen LogP contribution in [0.1, 0.15) is 18.6 Å². The molecule has 0 saturated carbocycles. The zero-order chi connectivity index (χ0) is 13.8. The standard InChI is InChI=1S/C13H16ClFN2O2/c1-8(18)17-12-7-16-4-5-19-13(12)9-2-3-10(14)11(15)6-9/h2-3,6,12-13,16H,4-5,7H2,1H3,(H,17,18). The Morgan fingerprint density at radius 1 is 1.58 bits per heavy atom. The van der Waals surface area contributed by atoms with Gasteiger partial charge in [-0.1, -0.05) is 17.7 Å². The lowest BCUT2D eigenvalue weighted by Crippen LogP contribution is -2.43. The van der Waals surface area contributed by atoms with Crippen LogP contribution in [-0.2, 0) is 9.53 Å². The predicted molar refractivity (Wildman–Crippen MR) is 70.6 cm³/mol. The van der Waals surface area contributed by atoms with E-state index in [9.17, 15) is 9.18 Å². The van der Waals surface area contributed by atoms with E-state index < -0.39 is 5.82 Å². The molecule has 1 heterocycles. The third-order valence-electron chi connectivity index (χ3n) is 2.97. The molecule has 1 aliphatic heterocycles. The highest BCUT2D eigenvalue weighted by Crippen LogP contribution is 2.26. The summed E-state index contributed by atoms with van der Waals surface area (Å²) in [6.07, 6.45) is -0.384. The number of hydrogen-bond acceptors (Lipinski definition) is 3. The Morgan fingerprint density at radius 3 is 3.05 bits per heavy atom. The van der Waals surface area contributed by atoms with E-state index in [0.717, 1.165) is 0 Å². The average Bonchev–Trinajstić information content (AvgIpc) is 2.57. The fraction of sp³-hybridized carbons (Fsp3) is 0.462. The molecular weight excluding hydrogens is 271 g/mol. The van der Waals surface area contributed by atoms with Crippen LogP contribution in [0.5, 0.6) is 0 Å². The molecule has 0 aliphatic carbocycles. The fourth-order valence-corrected chi connectivity index (χ4v) is 2.26. The Bertz CT molecular complexity index is 470. The molecule has 0 radical (unpaired) electrons. The molecule has 6 heteroatoms. The van der Waals surface area contributed by atoms with E-state index in [4.69, 9.17) is 16.3 Å². The number of benzene rings is 1. The van der Waals surface area contributed by atoms with Gasteiger partial charge in [-0.3, -0.25) is 4.79 Å². The molecule has 1 fully saturated rings. The number of amides is 1. The molecule has 1 aromatic carbocycles. The van der Waals surface area contributed by atoms with Crippen LogP contribution in [0.15, 0.2) is 18.2 Å². The second-order valence-electron chi connectivity index (χ2n) is 4.48. The number of carbonyl (C=O) groups excluding carboxylic acids is 1. The maximum Gasteiger partial charge on any atom is 0.217 e. The van der Waals surface area contributed by atoms with Crippen LogP contribution in [0.2, 0.25) is 5.02 Å². The molecule has 0 aromatic heterocycles. The molecular formula is C13H16ClFN2O2. The van der Waals surface area contributed by atoms with Crippen molar-refractivity contribution >= 4 is 17.5 Å². The van der Waals surface area contributed by atoms with E-state index in [1.165, 1.54) is 19.1 Å². The number of carbonyl (C=O) groups is 1. The molecule has 1 aromatic rings. The van der Waals surface area contributed by atoms with Crippen LogP contribution in [0, 0.1) is 5.82 Å². The molecule has 2 atom stereocenters. The number of rotatable bonds is 2. The summed E-state index contributed by atoms with van der Waals surface area (Å²) in [4.78, 5) is 11.2. The second-order valence-corrected chi connectivity index (χ2v) is 4.88. The van der Waals surface area contributed by atoms with Crippen molar-refractivity contribution in [1.29, 1.82) is 0 Å².